The van der Waals surface area contributed by atoms with Crippen LogP contribution in [0.1, 0.15) is 16.2 Å². The summed E-state index contributed by atoms with van der Waals surface area (Å²) in [6.45, 7) is 4.21. The van der Waals surface area contributed by atoms with Crippen molar-refractivity contribution in [2.45, 2.75) is 19.9 Å². The van der Waals surface area contributed by atoms with Gasteiger partial charge in [-0.05, 0) is 31.2 Å². The number of aliphatic imine (C=N–C) groups is 1. The number of guanidine groups is 1. The maximum absolute atomic E-state index is 5.72. The van der Waals surface area contributed by atoms with Crippen LogP contribution < -0.4 is 15.4 Å². The lowest BCUT2D eigenvalue weighted by Crippen LogP contribution is -2.29. The number of hydrogen-bond donors (Lipinski definition) is 2. The highest BCUT2D eigenvalue weighted by molar-refractivity contribution is 7.11. The van der Waals surface area contributed by atoms with Crippen LogP contribution in [0.3, 0.4) is 0 Å². The van der Waals surface area contributed by atoms with Gasteiger partial charge < -0.3 is 20.1 Å². The van der Waals surface area contributed by atoms with Gasteiger partial charge in [0.15, 0.2) is 5.96 Å². The van der Waals surface area contributed by atoms with Crippen LogP contribution >= 0.6 is 11.3 Å². The fraction of sp³-hybridized carbons (Fsp3) is 0.389. The molecule has 0 aliphatic rings. The minimum absolute atomic E-state index is 0.641. The number of anilines is 1. The summed E-state index contributed by atoms with van der Waals surface area (Å²) < 4.78 is 10.7. The van der Waals surface area contributed by atoms with E-state index in [0.717, 1.165) is 30.4 Å². The number of aryl methyl sites for hydroxylation is 1. The Bertz CT molecular complexity index is 655. The van der Waals surface area contributed by atoms with Crippen molar-refractivity contribution in [3.8, 4) is 5.75 Å². The molecule has 130 valence electrons. The monoisotopic (exact) mass is 347 g/mol. The first kappa shape index (κ1) is 18.3. The second-order valence-corrected chi connectivity index (χ2v) is 6.66. The zero-order chi connectivity index (χ0) is 17.2. The van der Waals surface area contributed by atoms with Gasteiger partial charge in [0, 0.05) is 48.7 Å². The number of thiophene rings is 1. The Balaban J connectivity index is 1.86. The molecule has 24 heavy (non-hydrogen) atoms. The molecule has 2 aromatic rings. The molecule has 0 saturated heterocycles. The van der Waals surface area contributed by atoms with Gasteiger partial charge in [-0.25, -0.2) is 0 Å². The molecular weight excluding hydrogens is 322 g/mol. The summed E-state index contributed by atoms with van der Waals surface area (Å²) in [5, 5.41) is 6.61. The van der Waals surface area contributed by atoms with Crippen LogP contribution in [-0.2, 0) is 11.3 Å². The van der Waals surface area contributed by atoms with E-state index in [1.54, 1.807) is 25.5 Å². The first-order chi connectivity index (χ1) is 11.7. The lowest BCUT2D eigenvalue weighted by Gasteiger charge is -2.12. The molecule has 0 spiro atoms. The third-order valence-electron chi connectivity index (χ3n) is 3.31. The molecular formula is C18H25N3O2S. The molecule has 6 heteroatoms. The number of ether oxygens (including phenoxy) is 2. The zero-order valence-electron chi connectivity index (χ0n) is 14.5. The first-order valence-corrected chi connectivity index (χ1v) is 8.77. The van der Waals surface area contributed by atoms with E-state index in [4.69, 9.17) is 9.47 Å². The summed E-state index contributed by atoms with van der Waals surface area (Å²) >= 11 is 1.79. The van der Waals surface area contributed by atoms with Crippen LogP contribution in [0, 0.1) is 6.92 Å². The molecule has 0 fully saturated rings. The van der Waals surface area contributed by atoms with E-state index < -0.39 is 0 Å². The van der Waals surface area contributed by atoms with E-state index >= 15 is 0 Å². The number of nitrogens with zero attached hydrogens (tertiary/aromatic N) is 1. The van der Waals surface area contributed by atoms with Crippen LogP contribution in [0.5, 0.6) is 5.75 Å². The van der Waals surface area contributed by atoms with E-state index in [2.05, 4.69) is 34.7 Å². The van der Waals surface area contributed by atoms with E-state index in [1.807, 2.05) is 24.3 Å². The largest absolute Gasteiger partial charge is 0.493 e. The molecule has 1 aromatic heterocycles. The molecule has 0 aliphatic heterocycles. The quantitative estimate of drug-likeness (QED) is 0.435. The minimum atomic E-state index is 0.641. The summed E-state index contributed by atoms with van der Waals surface area (Å²) in [5.41, 5.74) is 0.940. The van der Waals surface area contributed by atoms with Crippen molar-refractivity contribution in [3.05, 3.63) is 46.2 Å². The smallest absolute Gasteiger partial charge is 0.195 e. The normalized spacial score (nSPS) is 11.4. The molecule has 0 aliphatic carbocycles. The van der Waals surface area contributed by atoms with Gasteiger partial charge in [0.05, 0.1) is 13.2 Å². The van der Waals surface area contributed by atoms with Crippen molar-refractivity contribution in [3.63, 3.8) is 0 Å². The van der Waals surface area contributed by atoms with Gasteiger partial charge in [-0.15, -0.1) is 11.3 Å². The van der Waals surface area contributed by atoms with E-state index in [9.17, 15) is 0 Å². The van der Waals surface area contributed by atoms with E-state index in [0.29, 0.717) is 13.2 Å². The second kappa shape index (κ2) is 9.95. The highest BCUT2D eigenvalue weighted by Gasteiger charge is 2.03. The first-order valence-electron chi connectivity index (χ1n) is 7.96. The Hall–Kier alpha value is -2.05. The molecule has 1 aromatic carbocycles. The van der Waals surface area contributed by atoms with Crippen molar-refractivity contribution in [2.24, 2.45) is 4.99 Å². The second-order valence-electron chi connectivity index (χ2n) is 5.29. The molecule has 0 bridgehead atoms. The summed E-state index contributed by atoms with van der Waals surface area (Å²) in [7, 11) is 3.46. The Morgan fingerprint density at radius 2 is 2.08 bits per heavy atom. The van der Waals surface area contributed by atoms with Crippen molar-refractivity contribution >= 4 is 23.0 Å². The van der Waals surface area contributed by atoms with Crippen LogP contribution in [0.4, 0.5) is 5.69 Å². The molecule has 0 radical (unpaired) electrons. The van der Waals surface area contributed by atoms with Crippen molar-refractivity contribution in [1.82, 2.24) is 5.32 Å². The molecule has 0 amide bonds. The highest BCUT2D eigenvalue weighted by atomic mass is 32.1. The zero-order valence-corrected chi connectivity index (χ0v) is 15.3. The van der Waals surface area contributed by atoms with Crippen molar-refractivity contribution in [2.75, 3.05) is 32.7 Å². The van der Waals surface area contributed by atoms with Crippen LogP contribution in [0.15, 0.2) is 41.4 Å². The molecule has 5 nitrogen and oxygen atoms in total. The van der Waals surface area contributed by atoms with Gasteiger partial charge in [0.2, 0.25) is 0 Å². The van der Waals surface area contributed by atoms with Crippen molar-refractivity contribution < 1.29 is 9.47 Å². The summed E-state index contributed by atoms with van der Waals surface area (Å²) in [5.74, 6) is 1.57. The van der Waals surface area contributed by atoms with Gasteiger partial charge in [-0.1, -0.05) is 6.07 Å². The van der Waals surface area contributed by atoms with Gasteiger partial charge >= 0.3 is 0 Å². The van der Waals surface area contributed by atoms with Crippen LogP contribution in [0.25, 0.3) is 0 Å². The summed E-state index contributed by atoms with van der Waals surface area (Å²) in [4.78, 5) is 6.86. The van der Waals surface area contributed by atoms with Gasteiger partial charge in [-0.3, -0.25) is 4.99 Å². The minimum Gasteiger partial charge on any atom is -0.493 e. The molecule has 2 N–H and O–H groups in total. The predicted molar refractivity (Wildman–Crippen MR) is 101 cm³/mol. The highest BCUT2D eigenvalue weighted by Crippen LogP contribution is 2.18. The molecule has 0 unspecified atom stereocenters. The molecule has 1 heterocycles. The fourth-order valence-electron chi connectivity index (χ4n) is 2.12. The Labute approximate surface area is 147 Å². The number of benzene rings is 1. The maximum atomic E-state index is 5.72. The SMILES string of the molecule is CN=C(NCc1ccc(C)s1)Nc1cccc(OCCCOC)c1. The fourth-order valence-corrected chi connectivity index (χ4v) is 2.95. The third kappa shape index (κ3) is 6.22. The van der Waals surface area contributed by atoms with Crippen LogP contribution in [0.2, 0.25) is 0 Å². The third-order valence-corrected chi connectivity index (χ3v) is 4.31. The van der Waals surface area contributed by atoms with Crippen LogP contribution in [-0.4, -0.2) is 33.3 Å². The van der Waals surface area contributed by atoms with Gasteiger partial charge in [0.25, 0.3) is 0 Å². The molecule has 2 rings (SSSR count). The standard InChI is InChI=1S/C18H25N3O2S/c1-14-8-9-17(24-14)13-20-18(19-2)21-15-6-4-7-16(12-15)23-11-5-10-22-3/h4,6-9,12H,5,10-11,13H2,1-3H3,(H2,19,20,21). The maximum Gasteiger partial charge on any atom is 0.195 e. The lowest BCUT2D eigenvalue weighted by molar-refractivity contribution is 0.172. The summed E-state index contributed by atoms with van der Waals surface area (Å²) in [6, 6.07) is 12.1. The van der Waals surface area contributed by atoms with Gasteiger partial charge in [0.1, 0.15) is 5.75 Å². The summed E-state index contributed by atoms with van der Waals surface area (Å²) in [6.07, 6.45) is 0.873. The van der Waals surface area contributed by atoms with E-state index in [1.165, 1.54) is 9.75 Å². The number of rotatable bonds is 8. The van der Waals surface area contributed by atoms with E-state index in [-0.39, 0.29) is 0 Å². The topological polar surface area (TPSA) is 54.9 Å². The number of methoxy groups -OCH3 is 1. The van der Waals surface area contributed by atoms with Gasteiger partial charge in [-0.2, -0.15) is 0 Å². The molecule has 0 saturated carbocycles. The Morgan fingerprint density at radius 3 is 2.79 bits per heavy atom. The Morgan fingerprint density at radius 1 is 1.21 bits per heavy atom. The average Bonchev–Trinajstić information content (AvgIpc) is 3.01. The number of hydrogen-bond acceptors (Lipinski definition) is 4. The molecule has 0 atom stereocenters. The average molecular weight is 347 g/mol. The number of nitrogens with one attached hydrogen (secondary N) is 2. The van der Waals surface area contributed by atoms with Crippen molar-refractivity contribution in [1.29, 1.82) is 0 Å². The lowest BCUT2D eigenvalue weighted by atomic mass is 10.3. The Kier molecular flexibility index (Phi) is 7.58. The predicted octanol–water partition coefficient (Wildman–Crippen LogP) is 3.66.